The Bertz CT molecular complexity index is 694. The van der Waals surface area contributed by atoms with E-state index in [-0.39, 0.29) is 11.5 Å². The van der Waals surface area contributed by atoms with Crippen molar-refractivity contribution in [2.45, 2.75) is 84.8 Å². The van der Waals surface area contributed by atoms with Gasteiger partial charge in [-0.2, -0.15) is 0 Å². The minimum absolute atomic E-state index is 0.120. The fraction of sp³-hybridized carbons (Fsp3) is 0.571. The van der Waals surface area contributed by atoms with Crippen LogP contribution in [-0.2, 0) is 11.8 Å². The summed E-state index contributed by atoms with van der Waals surface area (Å²) in [5, 5.41) is 20.1. The molecule has 0 aliphatic heterocycles. The second-order valence-corrected chi connectivity index (χ2v) is 10.3. The van der Waals surface area contributed by atoms with Gasteiger partial charge in [0.1, 0.15) is 12.4 Å². The molecular weight excluding hydrogens is 384 g/mol. The summed E-state index contributed by atoms with van der Waals surface area (Å²) < 4.78 is 5.76. The molecule has 2 rings (SSSR count). The van der Waals surface area contributed by atoms with E-state index >= 15 is 0 Å². The maximum absolute atomic E-state index is 10.1. The van der Waals surface area contributed by atoms with Gasteiger partial charge in [0.05, 0.1) is 12.2 Å². The molecule has 0 spiro atoms. The second-order valence-electron chi connectivity index (χ2n) is 10.3. The van der Waals surface area contributed by atoms with Crippen molar-refractivity contribution in [1.29, 1.82) is 0 Å². The Morgan fingerprint density at radius 3 is 1.74 bits per heavy atom. The monoisotopic (exact) mass is 426 g/mol. The van der Waals surface area contributed by atoms with Gasteiger partial charge in [0.15, 0.2) is 0 Å². The molecule has 0 bridgehead atoms. The molecule has 0 fully saturated rings. The van der Waals surface area contributed by atoms with Crippen LogP contribution < -0.4 is 4.74 Å². The van der Waals surface area contributed by atoms with E-state index in [1.54, 1.807) is 0 Å². The third-order valence-electron chi connectivity index (χ3n) is 5.95. The first-order valence-electron chi connectivity index (χ1n) is 11.8. The Hall–Kier alpha value is -1.84. The lowest BCUT2D eigenvalue weighted by molar-refractivity contribution is 0.0892. The lowest BCUT2D eigenvalue weighted by Gasteiger charge is -2.26. The van der Waals surface area contributed by atoms with Gasteiger partial charge in [0.25, 0.3) is 0 Å². The van der Waals surface area contributed by atoms with Crippen LogP contribution in [0.1, 0.15) is 77.5 Å². The third kappa shape index (κ3) is 8.31. The molecule has 2 aromatic carbocycles. The van der Waals surface area contributed by atoms with E-state index in [2.05, 4.69) is 77.9 Å². The van der Waals surface area contributed by atoms with Gasteiger partial charge in [0, 0.05) is 5.41 Å². The molecule has 0 heterocycles. The van der Waals surface area contributed by atoms with Gasteiger partial charge in [-0.1, -0.05) is 77.9 Å². The minimum atomic E-state index is -0.430. The zero-order valence-electron chi connectivity index (χ0n) is 20.3. The summed E-state index contributed by atoms with van der Waals surface area (Å²) in [5.74, 6) is 1.77. The van der Waals surface area contributed by atoms with E-state index < -0.39 is 6.10 Å². The largest absolute Gasteiger partial charge is 0.491 e. The third-order valence-corrected chi connectivity index (χ3v) is 5.95. The SMILES string of the molecule is CC(C)CC(O)CCc1ccc(C(C)(C)c2ccc(OCC(O)CC(C)C)cc2)cc1. The number of aliphatic hydroxyl groups is 2. The van der Waals surface area contributed by atoms with Crippen LogP contribution in [0, 0.1) is 11.8 Å². The molecule has 2 unspecified atom stereocenters. The summed E-state index contributed by atoms with van der Waals surface area (Å²) in [7, 11) is 0. The first kappa shape index (κ1) is 25.4. The van der Waals surface area contributed by atoms with Crippen molar-refractivity contribution in [3.63, 3.8) is 0 Å². The summed E-state index contributed by atoms with van der Waals surface area (Å²) in [6, 6.07) is 17.0. The van der Waals surface area contributed by atoms with Gasteiger partial charge in [-0.25, -0.2) is 0 Å². The average Bonchev–Trinajstić information content (AvgIpc) is 2.70. The summed E-state index contributed by atoms with van der Waals surface area (Å²) in [4.78, 5) is 0. The van der Waals surface area contributed by atoms with E-state index in [4.69, 9.17) is 4.74 Å². The molecule has 172 valence electrons. The van der Waals surface area contributed by atoms with Crippen molar-refractivity contribution < 1.29 is 14.9 Å². The van der Waals surface area contributed by atoms with Crippen LogP contribution in [0.3, 0.4) is 0 Å². The highest BCUT2D eigenvalue weighted by Gasteiger charge is 2.23. The fourth-order valence-electron chi connectivity index (χ4n) is 4.02. The van der Waals surface area contributed by atoms with Crippen molar-refractivity contribution in [2.24, 2.45) is 11.8 Å². The second kappa shape index (κ2) is 11.7. The van der Waals surface area contributed by atoms with Crippen LogP contribution in [0.15, 0.2) is 48.5 Å². The standard InChI is InChI=1S/C28H42O3/c1-20(2)17-25(29)14-9-22-7-10-23(11-8-22)28(5,6)24-12-15-27(16-13-24)31-19-26(30)18-21(3)4/h7-8,10-13,15-16,20-21,25-26,29-30H,9,14,17-19H2,1-6H3. The fourth-order valence-corrected chi connectivity index (χ4v) is 4.02. The van der Waals surface area contributed by atoms with Crippen molar-refractivity contribution in [3.05, 3.63) is 65.2 Å². The topological polar surface area (TPSA) is 49.7 Å². The molecule has 0 radical (unpaired) electrons. The van der Waals surface area contributed by atoms with Crippen molar-refractivity contribution >= 4 is 0 Å². The minimum Gasteiger partial charge on any atom is -0.491 e. The van der Waals surface area contributed by atoms with E-state index in [0.29, 0.717) is 18.4 Å². The molecule has 0 amide bonds. The normalized spacial score (nSPS) is 14.1. The predicted octanol–water partition coefficient (Wildman–Crippen LogP) is 6.14. The summed E-state index contributed by atoms with van der Waals surface area (Å²) in [6.07, 6.45) is 2.68. The Labute approximate surface area is 189 Å². The zero-order chi connectivity index (χ0) is 23.0. The average molecular weight is 427 g/mol. The Morgan fingerprint density at radius 2 is 1.23 bits per heavy atom. The molecule has 3 heteroatoms. The van der Waals surface area contributed by atoms with Crippen molar-refractivity contribution in [1.82, 2.24) is 0 Å². The molecule has 0 aliphatic carbocycles. The maximum Gasteiger partial charge on any atom is 0.119 e. The molecule has 0 saturated carbocycles. The smallest absolute Gasteiger partial charge is 0.119 e. The van der Waals surface area contributed by atoms with Gasteiger partial charge >= 0.3 is 0 Å². The summed E-state index contributed by atoms with van der Waals surface area (Å²) in [6.45, 7) is 13.3. The van der Waals surface area contributed by atoms with Crippen LogP contribution in [0.2, 0.25) is 0 Å². The lowest BCUT2D eigenvalue weighted by Crippen LogP contribution is -2.20. The lowest BCUT2D eigenvalue weighted by atomic mass is 9.78. The first-order chi connectivity index (χ1) is 14.6. The summed E-state index contributed by atoms with van der Waals surface area (Å²) in [5.41, 5.74) is 3.64. The highest BCUT2D eigenvalue weighted by molar-refractivity contribution is 5.40. The summed E-state index contributed by atoms with van der Waals surface area (Å²) >= 11 is 0. The Morgan fingerprint density at radius 1 is 0.742 bits per heavy atom. The number of benzene rings is 2. The zero-order valence-corrected chi connectivity index (χ0v) is 20.3. The molecule has 0 aliphatic rings. The number of aryl methyl sites for hydroxylation is 1. The molecule has 2 atom stereocenters. The van der Waals surface area contributed by atoms with Crippen molar-refractivity contribution in [2.75, 3.05) is 6.61 Å². The number of rotatable bonds is 12. The van der Waals surface area contributed by atoms with E-state index in [0.717, 1.165) is 31.4 Å². The van der Waals surface area contributed by atoms with Crippen LogP contribution >= 0.6 is 0 Å². The highest BCUT2D eigenvalue weighted by Crippen LogP contribution is 2.32. The quantitative estimate of drug-likeness (QED) is 0.429. The Balaban J connectivity index is 1.96. The number of hydrogen-bond donors (Lipinski definition) is 2. The molecule has 0 saturated heterocycles. The van der Waals surface area contributed by atoms with Gasteiger partial charge in [-0.15, -0.1) is 0 Å². The number of aliphatic hydroxyl groups excluding tert-OH is 2. The number of hydrogen-bond acceptors (Lipinski definition) is 3. The van der Waals surface area contributed by atoms with E-state index in [9.17, 15) is 10.2 Å². The molecule has 31 heavy (non-hydrogen) atoms. The molecule has 2 aromatic rings. The highest BCUT2D eigenvalue weighted by atomic mass is 16.5. The maximum atomic E-state index is 10.1. The van der Waals surface area contributed by atoms with E-state index in [1.807, 2.05) is 12.1 Å². The Kier molecular flexibility index (Phi) is 9.58. The van der Waals surface area contributed by atoms with Gasteiger partial charge in [-0.05, 0) is 66.3 Å². The molecule has 0 aromatic heterocycles. The van der Waals surface area contributed by atoms with Crippen LogP contribution in [0.4, 0.5) is 0 Å². The first-order valence-corrected chi connectivity index (χ1v) is 11.8. The van der Waals surface area contributed by atoms with Gasteiger partial charge < -0.3 is 14.9 Å². The van der Waals surface area contributed by atoms with E-state index in [1.165, 1.54) is 16.7 Å². The number of ether oxygens (including phenoxy) is 1. The van der Waals surface area contributed by atoms with Gasteiger partial charge in [-0.3, -0.25) is 0 Å². The van der Waals surface area contributed by atoms with Crippen LogP contribution in [0.25, 0.3) is 0 Å². The van der Waals surface area contributed by atoms with Crippen LogP contribution in [-0.4, -0.2) is 29.0 Å². The van der Waals surface area contributed by atoms with Crippen molar-refractivity contribution in [3.8, 4) is 5.75 Å². The van der Waals surface area contributed by atoms with Crippen LogP contribution in [0.5, 0.6) is 5.75 Å². The molecule has 2 N–H and O–H groups in total. The predicted molar refractivity (Wildman–Crippen MR) is 130 cm³/mol. The molecular formula is C28H42O3. The van der Waals surface area contributed by atoms with Gasteiger partial charge in [0.2, 0.25) is 0 Å². The molecule has 3 nitrogen and oxygen atoms in total.